The van der Waals surface area contributed by atoms with Crippen molar-refractivity contribution in [2.24, 2.45) is 5.92 Å². The van der Waals surface area contributed by atoms with Crippen LogP contribution >= 0.6 is 0 Å². The number of ether oxygens (including phenoxy) is 1. The molecule has 0 aliphatic rings. The van der Waals surface area contributed by atoms with Gasteiger partial charge in [0.25, 0.3) is 5.56 Å². The normalized spacial score (nSPS) is 12.8. The first-order valence-electron chi connectivity index (χ1n) is 10.6. The Bertz CT molecular complexity index is 1100. The fourth-order valence-corrected chi connectivity index (χ4v) is 3.48. The standard InChI is InChI=1S/C25H31N3O3/c1-16(2)23(17-10-12-18(13-11-17)25(3,4)5)28-22(29)15-31-14-21-26-20-9-7-6-8-19(20)24(30)27-21/h6-13,16,23H,14-15H2,1-5H3,(H,28,29)(H,26,27,30)/t23-/m0/s1. The molecule has 2 aromatic carbocycles. The Morgan fingerprint density at radius 3 is 2.42 bits per heavy atom. The molecule has 6 nitrogen and oxygen atoms in total. The molecule has 0 aliphatic heterocycles. The van der Waals surface area contributed by atoms with Crippen LogP contribution in [0.5, 0.6) is 0 Å². The zero-order chi connectivity index (χ0) is 22.6. The fourth-order valence-electron chi connectivity index (χ4n) is 3.48. The van der Waals surface area contributed by atoms with Crippen molar-refractivity contribution in [3.8, 4) is 0 Å². The smallest absolute Gasteiger partial charge is 0.258 e. The van der Waals surface area contributed by atoms with E-state index in [1.54, 1.807) is 18.2 Å². The maximum absolute atomic E-state index is 12.5. The number of benzene rings is 2. The monoisotopic (exact) mass is 421 g/mol. The van der Waals surface area contributed by atoms with Gasteiger partial charge in [-0.1, -0.05) is 71.0 Å². The van der Waals surface area contributed by atoms with Gasteiger partial charge in [-0.05, 0) is 34.6 Å². The number of nitrogens with one attached hydrogen (secondary N) is 2. The molecule has 3 rings (SSSR count). The Balaban J connectivity index is 1.60. The first-order valence-corrected chi connectivity index (χ1v) is 10.6. The second-order valence-electron chi connectivity index (χ2n) is 9.18. The minimum Gasteiger partial charge on any atom is -0.364 e. The van der Waals surface area contributed by atoms with Gasteiger partial charge in [-0.2, -0.15) is 0 Å². The summed E-state index contributed by atoms with van der Waals surface area (Å²) in [7, 11) is 0. The van der Waals surface area contributed by atoms with Gasteiger partial charge in [0.1, 0.15) is 19.0 Å². The molecule has 1 heterocycles. The summed E-state index contributed by atoms with van der Waals surface area (Å²) >= 11 is 0. The summed E-state index contributed by atoms with van der Waals surface area (Å²) in [6, 6.07) is 15.4. The number of carbonyl (C=O) groups excluding carboxylic acids is 1. The SMILES string of the molecule is CC(C)[C@H](NC(=O)COCc1nc2ccccc2c(=O)[nH]1)c1ccc(C(C)(C)C)cc1. The molecule has 0 unspecified atom stereocenters. The van der Waals surface area contributed by atoms with Crippen molar-refractivity contribution in [1.82, 2.24) is 15.3 Å². The van der Waals surface area contributed by atoms with Crippen LogP contribution in [0.4, 0.5) is 0 Å². The molecule has 1 atom stereocenters. The van der Waals surface area contributed by atoms with Crippen molar-refractivity contribution in [1.29, 1.82) is 0 Å². The van der Waals surface area contributed by atoms with Crippen LogP contribution in [0.25, 0.3) is 10.9 Å². The van der Waals surface area contributed by atoms with E-state index < -0.39 is 0 Å². The number of hydrogen-bond donors (Lipinski definition) is 2. The van der Waals surface area contributed by atoms with Crippen LogP contribution < -0.4 is 10.9 Å². The molecular formula is C25H31N3O3. The lowest BCUT2D eigenvalue weighted by molar-refractivity contribution is -0.127. The lowest BCUT2D eigenvalue weighted by atomic mass is 9.85. The number of hydrogen-bond acceptors (Lipinski definition) is 4. The molecule has 0 saturated carbocycles. The molecule has 6 heteroatoms. The van der Waals surface area contributed by atoms with Crippen LogP contribution in [0.3, 0.4) is 0 Å². The number of amides is 1. The van der Waals surface area contributed by atoms with Crippen LogP contribution in [0.2, 0.25) is 0 Å². The number of nitrogens with zero attached hydrogens (tertiary/aromatic N) is 1. The maximum Gasteiger partial charge on any atom is 0.258 e. The Hall–Kier alpha value is -2.99. The van der Waals surface area contributed by atoms with E-state index in [1.165, 1.54) is 5.56 Å². The highest BCUT2D eigenvalue weighted by Crippen LogP contribution is 2.26. The number of para-hydroxylation sites is 1. The van der Waals surface area contributed by atoms with E-state index in [0.717, 1.165) is 5.56 Å². The second-order valence-corrected chi connectivity index (χ2v) is 9.18. The molecule has 0 spiro atoms. The van der Waals surface area contributed by atoms with Gasteiger partial charge in [0, 0.05) is 0 Å². The van der Waals surface area contributed by atoms with E-state index in [9.17, 15) is 9.59 Å². The largest absolute Gasteiger partial charge is 0.364 e. The predicted molar refractivity (Wildman–Crippen MR) is 123 cm³/mol. The van der Waals surface area contributed by atoms with Crippen molar-refractivity contribution in [2.45, 2.75) is 52.7 Å². The zero-order valence-corrected chi connectivity index (χ0v) is 18.9. The number of aromatic amines is 1. The summed E-state index contributed by atoms with van der Waals surface area (Å²) < 4.78 is 5.52. The van der Waals surface area contributed by atoms with Crippen LogP contribution in [0.15, 0.2) is 53.3 Å². The van der Waals surface area contributed by atoms with Gasteiger partial charge in [-0.3, -0.25) is 9.59 Å². The van der Waals surface area contributed by atoms with Crippen LogP contribution in [0.1, 0.15) is 57.6 Å². The topological polar surface area (TPSA) is 84.1 Å². The maximum atomic E-state index is 12.5. The Morgan fingerprint density at radius 2 is 1.77 bits per heavy atom. The van der Waals surface area contributed by atoms with Crippen LogP contribution in [-0.4, -0.2) is 22.5 Å². The van der Waals surface area contributed by atoms with E-state index in [4.69, 9.17) is 4.74 Å². The first kappa shape index (κ1) is 22.7. The second kappa shape index (κ2) is 9.43. The molecule has 0 radical (unpaired) electrons. The summed E-state index contributed by atoms with van der Waals surface area (Å²) in [6.07, 6.45) is 0. The third kappa shape index (κ3) is 5.79. The highest BCUT2D eigenvalue weighted by atomic mass is 16.5. The molecule has 0 bridgehead atoms. The van der Waals surface area contributed by atoms with Crippen molar-refractivity contribution in [3.05, 3.63) is 75.8 Å². The molecule has 164 valence electrons. The van der Waals surface area contributed by atoms with Crippen molar-refractivity contribution in [3.63, 3.8) is 0 Å². The molecule has 0 aliphatic carbocycles. The lowest BCUT2D eigenvalue weighted by Crippen LogP contribution is -2.34. The van der Waals surface area contributed by atoms with E-state index in [-0.39, 0.29) is 42.1 Å². The summed E-state index contributed by atoms with van der Waals surface area (Å²) in [5.74, 6) is 0.416. The summed E-state index contributed by atoms with van der Waals surface area (Å²) in [6.45, 7) is 10.6. The molecule has 31 heavy (non-hydrogen) atoms. The molecule has 1 aromatic heterocycles. The third-order valence-corrected chi connectivity index (χ3v) is 5.25. The quantitative estimate of drug-likeness (QED) is 0.597. The highest BCUT2D eigenvalue weighted by Gasteiger charge is 2.20. The fraction of sp³-hybridized carbons (Fsp3) is 0.400. The van der Waals surface area contributed by atoms with Crippen LogP contribution in [0, 0.1) is 5.92 Å². The Labute approximate surface area is 183 Å². The Kier molecular flexibility index (Phi) is 6.91. The predicted octanol–water partition coefficient (Wildman–Crippen LogP) is 4.25. The van der Waals surface area contributed by atoms with Gasteiger partial charge in [0.15, 0.2) is 0 Å². The lowest BCUT2D eigenvalue weighted by Gasteiger charge is -2.25. The first-order chi connectivity index (χ1) is 14.6. The van der Waals surface area contributed by atoms with Gasteiger partial charge in [0.2, 0.25) is 5.91 Å². The van der Waals surface area contributed by atoms with Crippen molar-refractivity contribution < 1.29 is 9.53 Å². The molecule has 0 saturated heterocycles. The number of fused-ring (bicyclic) bond motifs is 1. The van der Waals surface area contributed by atoms with Crippen LogP contribution in [-0.2, 0) is 21.6 Å². The number of carbonyl (C=O) groups is 1. The third-order valence-electron chi connectivity index (χ3n) is 5.25. The van der Waals surface area contributed by atoms with E-state index in [0.29, 0.717) is 16.7 Å². The summed E-state index contributed by atoms with van der Waals surface area (Å²) in [5, 5.41) is 3.59. The molecule has 2 N–H and O–H groups in total. The molecule has 0 fully saturated rings. The van der Waals surface area contributed by atoms with E-state index in [2.05, 4.69) is 74.2 Å². The van der Waals surface area contributed by atoms with Crippen molar-refractivity contribution >= 4 is 16.8 Å². The van der Waals surface area contributed by atoms with Crippen molar-refractivity contribution in [2.75, 3.05) is 6.61 Å². The van der Waals surface area contributed by atoms with Gasteiger partial charge < -0.3 is 15.0 Å². The zero-order valence-electron chi connectivity index (χ0n) is 18.9. The van der Waals surface area contributed by atoms with Gasteiger partial charge in [-0.25, -0.2) is 4.98 Å². The van der Waals surface area contributed by atoms with E-state index in [1.807, 2.05) is 6.07 Å². The molecule has 1 amide bonds. The Morgan fingerprint density at radius 1 is 1.10 bits per heavy atom. The summed E-state index contributed by atoms with van der Waals surface area (Å²) in [4.78, 5) is 31.7. The minimum absolute atomic E-state index is 0.0557. The number of aromatic nitrogens is 2. The minimum atomic E-state index is -0.216. The number of H-pyrrole nitrogens is 1. The molecular weight excluding hydrogens is 390 g/mol. The average molecular weight is 422 g/mol. The molecule has 3 aromatic rings. The van der Waals surface area contributed by atoms with Gasteiger partial charge in [-0.15, -0.1) is 0 Å². The number of rotatable bonds is 7. The van der Waals surface area contributed by atoms with Gasteiger partial charge >= 0.3 is 0 Å². The van der Waals surface area contributed by atoms with Gasteiger partial charge in [0.05, 0.1) is 16.9 Å². The summed E-state index contributed by atoms with van der Waals surface area (Å²) in [5.41, 5.74) is 2.79. The van der Waals surface area contributed by atoms with E-state index >= 15 is 0 Å². The average Bonchev–Trinajstić information content (AvgIpc) is 2.71. The highest BCUT2D eigenvalue weighted by molar-refractivity contribution is 5.78.